The third-order valence-corrected chi connectivity index (χ3v) is 6.84. The maximum atomic E-state index is 12.8. The minimum atomic E-state index is -0.876. The highest BCUT2D eigenvalue weighted by molar-refractivity contribution is 7.13. The molecule has 30 heavy (non-hydrogen) atoms. The molecule has 0 radical (unpaired) electrons. The molecule has 3 saturated heterocycles. The molecule has 1 aliphatic carbocycles. The van der Waals surface area contributed by atoms with Gasteiger partial charge < -0.3 is 19.7 Å². The Hall–Kier alpha value is -3.14. The Morgan fingerprint density at radius 3 is 2.70 bits per heavy atom. The van der Waals surface area contributed by atoms with Crippen molar-refractivity contribution in [3.63, 3.8) is 0 Å². The topological polar surface area (TPSA) is 112 Å². The summed E-state index contributed by atoms with van der Waals surface area (Å²) in [5.41, 5.74) is 2.35. The molecular formula is C20H19N5O4S. The number of nitrogens with zero attached hydrogens (tertiary/aromatic N) is 4. The van der Waals surface area contributed by atoms with Gasteiger partial charge >= 0.3 is 6.09 Å². The molecule has 9 nitrogen and oxygen atoms in total. The molecule has 2 atom stereocenters. The average Bonchev–Trinajstić information content (AvgIpc) is 3.19. The van der Waals surface area contributed by atoms with Gasteiger partial charge in [-0.1, -0.05) is 0 Å². The molecule has 154 valence electrons. The van der Waals surface area contributed by atoms with Gasteiger partial charge in [0.05, 0.1) is 23.2 Å². The predicted octanol–water partition coefficient (Wildman–Crippen LogP) is 2.78. The third-order valence-electron chi connectivity index (χ3n) is 6.04. The first-order valence-electron chi connectivity index (χ1n) is 9.99. The molecule has 5 heterocycles. The van der Waals surface area contributed by atoms with Crippen molar-refractivity contribution in [1.82, 2.24) is 20.2 Å². The van der Waals surface area contributed by atoms with Crippen LogP contribution < -0.4 is 10.2 Å². The lowest BCUT2D eigenvalue weighted by Crippen LogP contribution is -2.70. The smallest absolute Gasteiger partial charge is 0.407 e. The zero-order valence-electron chi connectivity index (χ0n) is 15.9. The maximum absolute atomic E-state index is 12.8. The number of hydrogen-bond acceptors (Lipinski definition) is 7. The molecule has 4 aliphatic rings. The van der Waals surface area contributed by atoms with Crippen LogP contribution in [0, 0.1) is 0 Å². The second kappa shape index (κ2) is 6.43. The summed E-state index contributed by atoms with van der Waals surface area (Å²) >= 11 is 1.50. The number of rotatable bonds is 4. The molecule has 2 amide bonds. The second-order valence-electron chi connectivity index (χ2n) is 8.06. The first-order chi connectivity index (χ1) is 14.6. The molecule has 3 aromatic rings. The minimum Gasteiger partial charge on any atom is -0.465 e. The standard InChI is InChI=1S/C20H19N5O4S/c26-17(22-10-1-2-10)13-3-4-14(18-21-5-6-30-18)16-15(13)23-19(29-16)24-8-11-7-12(9-24)25(11)20(27)28/h3-6,10-12H,1-2,7-9H2,(H,22,26)(H,27,28). The van der Waals surface area contributed by atoms with E-state index in [0.717, 1.165) is 29.8 Å². The van der Waals surface area contributed by atoms with Gasteiger partial charge in [0.15, 0.2) is 5.58 Å². The number of piperazine rings is 1. The summed E-state index contributed by atoms with van der Waals surface area (Å²) in [5, 5.41) is 15.1. The van der Waals surface area contributed by atoms with Gasteiger partial charge in [0.1, 0.15) is 10.5 Å². The SMILES string of the molecule is O=C(NC1CC1)c1ccc(-c2nccs2)c2oc(N3CC4CC(C3)N4C(=O)O)nc12. The Morgan fingerprint density at radius 1 is 1.23 bits per heavy atom. The largest absolute Gasteiger partial charge is 0.465 e. The monoisotopic (exact) mass is 425 g/mol. The summed E-state index contributed by atoms with van der Waals surface area (Å²) in [5.74, 6) is -0.147. The van der Waals surface area contributed by atoms with E-state index in [2.05, 4.69) is 15.3 Å². The second-order valence-corrected chi connectivity index (χ2v) is 8.95. The Labute approximate surface area is 175 Å². The number of anilines is 1. The van der Waals surface area contributed by atoms with Crippen LogP contribution in [0.4, 0.5) is 10.8 Å². The first kappa shape index (κ1) is 17.7. The highest BCUT2D eigenvalue weighted by Crippen LogP contribution is 2.38. The summed E-state index contributed by atoms with van der Waals surface area (Å²) < 4.78 is 6.17. The number of hydrogen-bond donors (Lipinski definition) is 2. The lowest BCUT2D eigenvalue weighted by Gasteiger charge is -2.54. The molecule has 7 rings (SSSR count). The van der Waals surface area contributed by atoms with Crippen LogP contribution in [0.1, 0.15) is 29.6 Å². The summed E-state index contributed by atoms with van der Waals surface area (Å²) in [6.45, 7) is 1.07. The molecule has 1 aromatic carbocycles. The fraction of sp³-hybridized carbons (Fsp3) is 0.400. The van der Waals surface area contributed by atoms with Gasteiger partial charge in [-0.05, 0) is 31.4 Å². The zero-order valence-corrected chi connectivity index (χ0v) is 16.8. The first-order valence-corrected chi connectivity index (χ1v) is 10.9. The Kier molecular flexibility index (Phi) is 3.79. The molecule has 0 spiro atoms. The molecule has 2 N–H and O–H groups in total. The summed E-state index contributed by atoms with van der Waals surface area (Å²) in [6, 6.07) is 4.21. The lowest BCUT2D eigenvalue weighted by molar-refractivity contribution is 0.0101. The van der Waals surface area contributed by atoms with Gasteiger partial charge in [0.25, 0.3) is 11.9 Å². The lowest BCUT2D eigenvalue weighted by atomic mass is 9.88. The van der Waals surface area contributed by atoms with E-state index in [-0.39, 0.29) is 24.0 Å². The van der Waals surface area contributed by atoms with Crippen LogP contribution in [0.5, 0.6) is 0 Å². The number of carbonyl (C=O) groups is 2. The van der Waals surface area contributed by atoms with Crippen molar-refractivity contribution in [1.29, 1.82) is 0 Å². The van der Waals surface area contributed by atoms with E-state index in [1.165, 1.54) is 16.2 Å². The molecule has 3 aliphatic heterocycles. The maximum Gasteiger partial charge on any atom is 0.407 e. The Bertz CT molecular complexity index is 1140. The number of carboxylic acid groups (broad SMARTS) is 1. The van der Waals surface area contributed by atoms with E-state index in [4.69, 9.17) is 4.42 Å². The minimum absolute atomic E-state index is 0.0488. The number of carbonyl (C=O) groups excluding carboxylic acids is 1. The third kappa shape index (κ3) is 2.74. The molecule has 10 heteroatoms. The van der Waals surface area contributed by atoms with Crippen molar-refractivity contribution in [2.24, 2.45) is 0 Å². The van der Waals surface area contributed by atoms with Crippen LogP contribution in [-0.4, -0.2) is 63.2 Å². The number of aromatic nitrogens is 2. The fourth-order valence-corrected chi connectivity index (χ4v) is 5.07. The van der Waals surface area contributed by atoms with Gasteiger partial charge in [0, 0.05) is 30.7 Å². The molecule has 2 aromatic heterocycles. The quantitative estimate of drug-likeness (QED) is 0.661. The zero-order chi connectivity index (χ0) is 20.4. The molecule has 2 bridgehead atoms. The van der Waals surface area contributed by atoms with Crippen molar-refractivity contribution in [2.45, 2.75) is 37.4 Å². The number of thiazole rings is 1. The van der Waals surface area contributed by atoms with E-state index in [9.17, 15) is 14.7 Å². The van der Waals surface area contributed by atoms with E-state index in [1.54, 1.807) is 12.3 Å². The van der Waals surface area contributed by atoms with Crippen molar-refractivity contribution in [3.05, 3.63) is 29.3 Å². The highest BCUT2D eigenvalue weighted by Gasteiger charge is 2.48. The van der Waals surface area contributed by atoms with Crippen molar-refractivity contribution >= 4 is 40.5 Å². The predicted molar refractivity (Wildman–Crippen MR) is 110 cm³/mol. The molecular weight excluding hydrogens is 406 g/mol. The highest BCUT2D eigenvalue weighted by atomic mass is 32.1. The van der Waals surface area contributed by atoms with Crippen LogP contribution in [0.25, 0.3) is 21.7 Å². The molecule has 4 fully saturated rings. The number of amides is 2. The van der Waals surface area contributed by atoms with Gasteiger partial charge in [-0.2, -0.15) is 4.98 Å². The van der Waals surface area contributed by atoms with Crippen LogP contribution >= 0.6 is 11.3 Å². The van der Waals surface area contributed by atoms with E-state index in [1.807, 2.05) is 16.3 Å². The van der Waals surface area contributed by atoms with Crippen molar-refractivity contribution in [2.75, 3.05) is 18.0 Å². The van der Waals surface area contributed by atoms with Crippen LogP contribution in [0.2, 0.25) is 0 Å². The van der Waals surface area contributed by atoms with Crippen LogP contribution in [-0.2, 0) is 0 Å². The van der Waals surface area contributed by atoms with E-state index < -0.39 is 6.09 Å². The number of oxazole rings is 1. The normalized spacial score (nSPS) is 22.8. The van der Waals surface area contributed by atoms with Crippen molar-refractivity contribution < 1.29 is 19.1 Å². The molecule has 1 saturated carbocycles. The fourth-order valence-electron chi connectivity index (χ4n) is 4.41. The Balaban J connectivity index is 1.40. The summed E-state index contributed by atoms with van der Waals surface area (Å²) in [4.78, 5) is 36.7. The Morgan fingerprint density at radius 2 is 2.03 bits per heavy atom. The van der Waals surface area contributed by atoms with Gasteiger partial charge in [-0.25, -0.2) is 9.78 Å². The van der Waals surface area contributed by atoms with Gasteiger partial charge in [-0.15, -0.1) is 11.3 Å². The summed E-state index contributed by atoms with van der Waals surface area (Å²) in [7, 11) is 0. The number of benzene rings is 1. The van der Waals surface area contributed by atoms with E-state index in [0.29, 0.717) is 35.8 Å². The van der Waals surface area contributed by atoms with E-state index >= 15 is 0 Å². The number of nitrogens with one attached hydrogen (secondary N) is 1. The van der Waals surface area contributed by atoms with Gasteiger partial charge in [0.2, 0.25) is 0 Å². The van der Waals surface area contributed by atoms with Crippen LogP contribution in [0.3, 0.4) is 0 Å². The average molecular weight is 425 g/mol. The molecule has 2 unspecified atom stereocenters. The number of piperidine rings is 1. The van der Waals surface area contributed by atoms with Gasteiger partial charge in [-0.3, -0.25) is 9.69 Å². The van der Waals surface area contributed by atoms with Crippen molar-refractivity contribution in [3.8, 4) is 10.6 Å². The number of fused-ring (bicyclic) bond motifs is 3. The summed E-state index contributed by atoms with van der Waals surface area (Å²) in [6.07, 6.45) is 3.73. The van der Waals surface area contributed by atoms with Crippen LogP contribution in [0.15, 0.2) is 28.1 Å².